The highest BCUT2D eigenvalue weighted by atomic mass is 32.2. The quantitative estimate of drug-likeness (QED) is 0.564. The van der Waals surface area contributed by atoms with Gasteiger partial charge in [0.05, 0.1) is 24.1 Å². The van der Waals surface area contributed by atoms with Crippen LogP contribution < -0.4 is 14.8 Å². The third kappa shape index (κ3) is 4.72. The first kappa shape index (κ1) is 22.4. The standard InChI is InChI=1S/C22H25N3O5S/c1-6-17-21(22(30-24-17)23-15(4)26)16-9-10-19(29-5)20(12-16)31(27,28)25-18-11-13(2)7-8-14(18)3/h7-12,25H,6H2,1-5H3,(H,23,26). The van der Waals surface area contributed by atoms with E-state index in [9.17, 15) is 13.2 Å². The molecular weight excluding hydrogens is 418 g/mol. The van der Waals surface area contributed by atoms with Crippen molar-refractivity contribution >= 4 is 27.5 Å². The van der Waals surface area contributed by atoms with Gasteiger partial charge in [0, 0.05) is 6.92 Å². The molecule has 1 amide bonds. The van der Waals surface area contributed by atoms with Crippen LogP contribution in [0.15, 0.2) is 45.8 Å². The Hall–Kier alpha value is -3.33. The van der Waals surface area contributed by atoms with E-state index in [4.69, 9.17) is 9.26 Å². The maximum atomic E-state index is 13.3. The second-order valence-corrected chi connectivity index (χ2v) is 8.81. The van der Waals surface area contributed by atoms with Crippen LogP contribution >= 0.6 is 0 Å². The lowest BCUT2D eigenvalue weighted by atomic mass is 10.0. The topological polar surface area (TPSA) is 111 Å². The normalized spacial score (nSPS) is 11.3. The number of nitrogens with zero attached hydrogens (tertiary/aromatic N) is 1. The summed E-state index contributed by atoms with van der Waals surface area (Å²) in [6.45, 7) is 6.97. The number of hydrogen-bond acceptors (Lipinski definition) is 6. The number of rotatable bonds is 7. The fourth-order valence-corrected chi connectivity index (χ4v) is 4.51. The molecule has 0 bridgehead atoms. The minimum Gasteiger partial charge on any atom is -0.495 e. The van der Waals surface area contributed by atoms with Crippen molar-refractivity contribution in [3.63, 3.8) is 0 Å². The number of ether oxygens (including phenoxy) is 1. The van der Waals surface area contributed by atoms with E-state index in [-0.39, 0.29) is 22.4 Å². The van der Waals surface area contributed by atoms with Crippen molar-refractivity contribution in [2.24, 2.45) is 0 Å². The molecule has 0 aliphatic rings. The Morgan fingerprint density at radius 2 is 1.90 bits per heavy atom. The smallest absolute Gasteiger partial charge is 0.265 e. The second kappa shape index (κ2) is 8.81. The summed E-state index contributed by atoms with van der Waals surface area (Å²) in [7, 11) is -2.57. The van der Waals surface area contributed by atoms with Crippen LogP contribution in [0.4, 0.5) is 11.6 Å². The SMILES string of the molecule is CCc1noc(NC(C)=O)c1-c1ccc(OC)c(S(=O)(=O)Nc2cc(C)ccc2C)c1. The van der Waals surface area contributed by atoms with E-state index in [0.29, 0.717) is 28.9 Å². The van der Waals surface area contributed by atoms with E-state index in [0.717, 1.165) is 11.1 Å². The van der Waals surface area contributed by atoms with Crippen molar-refractivity contribution in [1.29, 1.82) is 0 Å². The molecule has 0 saturated carbocycles. The van der Waals surface area contributed by atoms with Crippen LogP contribution in [-0.2, 0) is 21.2 Å². The first-order valence-corrected chi connectivity index (χ1v) is 11.2. The molecule has 31 heavy (non-hydrogen) atoms. The number of aromatic nitrogens is 1. The Labute approximate surface area is 181 Å². The Morgan fingerprint density at radius 1 is 1.16 bits per heavy atom. The number of carbonyl (C=O) groups excluding carboxylic acids is 1. The van der Waals surface area contributed by atoms with Gasteiger partial charge < -0.3 is 9.26 Å². The number of methoxy groups -OCH3 is 1. The first-order chi connectivity index (χ1) is 14.7. The highest BCUT2D eigenvalue weighted by Gasteiger charge is 2.24. The van der Waals surface area contributed by atoms with E-state index < -0.39 is 10.0 Å². The molecule has 3 rings (SSSR count). The summed E-state index contributed by atoms with van der Waals surface area (Å²) in [4.78, 5) is 11.5. The van der Waals surface area contributed by atoms with Crippen molar-refractivity contribution in [1.82, 2.24) is 5.16 Å². The highest BCUT2D eigenvalue weighted by Crippen LogP contribution is 2.37. The zero-order valence-electron chi connectivity index (χ0n) is 18.1. The maximum Gasteiger partial charge on any atom is 0.265 e. The van der Waals surface area contributed by atoms with E-state index in [1.54, 1.807) is 18.2 Å². The Bertz CT molecular complexity index is 1230. The summed E-state index contributed by atoms with van der Waals surface area (Å²) in [6.07, 6.45) is 0.535. The molecule has 0 spiro atoms. The largest absolute Gasteiger partial charge is 0.495 e. The molecule has 1 aromatic heterocycles. The highest BCUT2D eigenvalue weighted by molar-refractivity contribution is 7.92. The molecule has 0 unspecified atom stereocenters. The number of sulfonamides is 1. The molecule has 0 aliphatic heterocycles. The summed E-state index contributed by atoms with van der Waals surface area (Å²) in [6, 6.07) is 10.3. The fourth-order valence-electron chi connectivity index (χ4n) is 3.20. The number of carbonyl (C=O) groups is 1. The van der Waals surface area contributed by atoms with Crippen LogP contribution in [0.2, 0.25) is 0 Å². The molecule has 3 aromatic rings. The van der Waals surface area contributed by atoms with Crippen LogP contribution in [-0.4, -0.2) is 26.6 Å². The van der Waals surface area contributed by atoms with Crippen molar-refractivity contribution in [2.75, 3.05) is 17.1 Å². The molecule has 0 aliphatic carbocycles. The molecule has 0 fully saturated rings. The predicted octanol–water partition coefficient (Wildman–Crippen LogP) is 4.29. The molecule has 0 saturated heterocycles. The molecule has 8 nitrogen and oxygen atoms in total. The number of nitrogens with one attached hydrogen (secondary N) is 2. The van der Waals surface area contributed by atoms with Gasteiger partial charge in [-0.25, -0.2) is 8.42 Å². The molecule has 1 heterocycles. The van der Waals surface area contributed by atoms with E-state index in [2.05, 4.69) is 15.2 Å². The molecule has 0 radical (unpaired) electrons. The van der Waals surface area contributed by atoms with Crippen LogP contribution in [0.5, 0.6) is 5.75 Å². The van der Waals surface area contributed by atoms with Crippen molar-refractivity contribution in [2.45, 2.75) is 39.0 Å². The van der Waals surface area contributed by atoms with Gasteiger partial charge in [0.15, 0.2) is 0 Å². The van der Waals surface area contributed by atoms with Crippen molar-refractivity contribution in [3.8, 4) is 16.9 Å². The Morgan fingerprint density at radius 3 is 2.55 bits per heavy atom. The average Bonchev–Trinajstić information content (AvgIpc) is 3.12. The van der Waals surface area contributed by atoms with Gasteiger partial charge in [0.2, 0.25) is 11.8 Å². The molecule has 9 heteroatoms. The van der Waals surface area contributed by atoms with Crippen LogP contribution in [0.3, 0.4) is 0 Å². The van der Waals surface area contributed by atoms with E-state index in [1.807, 2.05) is 32.9 Å². The van der Waals surface area contributed by atoms with Gasteiger partial charge in [-0.2, -0.15) is 0 Å². The molecule has 2 aromatic carbocycles. The third-order valence-corrected chi connectivity index (χ3v) is 6.15. The lowest BCUT2D eigenvalue weighted by molar-refractivity contribution is -0.114. The minimum absolute atomic E-state index is 0.0366. The molecular formula is C22H25N3O5S. The number of aryl methyl sites for hydroxylation is 3. The minimum atomic E-state index is -3.98. The zero-order chi connectivity index (χ0) is 22.8. The van der Waals surface area contributed by atoms with Gasteiger partial charge in [-0.3, -0.25) is 14.8 Å². The van der Waals surface area contributed by atoms with Gasteiger partial charge in [-0.1, -0.05) is 30.3 Å². The lowest BCUT2D eigenvalue weighted by Gasteiger charge is -2.15. The number of hydrogen-bond donors (Lipinski definition) is 2. The van der Waals surface area contributed by atoms with Gasteiger partial charge in [-0.15, -0.1) is 0 Å². The fraction of sp³-hybridized carbons (Fsp3) is 0.273. The zero-order valence-corrected chi connectivity index (χ0v) is 18.9. The van der Waals surface area contributed by atoms with Gasteiger partial charge >= 0.3 is 0 Å². The predicted molar refractivity (Wildman–Crippen MR) is 119 cm³/mol. The van der Waals surface area contributed by atoms with Crippen LogP contribution in [0.25, 0.3) is 11.1 Å². The van der Waals surface area contributed by atoms with Gasteiger partial charge in [0.1, 0.15) is 10.6 Å². The van der Waals surface area contributed by atoms with E-state index >= 15 is 0 Å². The lowest BCUT2D eigenvalue weighted by Crippen LogP contribution is -2.15. The summed E-state index contributed by atoms with van der Waals surface area (Å²) < 4.78 is 39.8. The maximum absolute atomic E-state index is 13.3. The first-order valence-electron chi connectivity index (χ1n) is 9.71. The Kier molecular flexibility index (Phi) is 6.35. The van der Waals surface area contributed by atoms with Crippen molar-refractivity contribution < 1.29 is 22.5 Å². The molecule has 2 N–H and O–H groups in total. The molecule has 164 valence electrons. The summed E-state index contributed by atoms with van der Waals surface area (Å²) in [5.41, 5.74) is 3.88. The van der Waals surface area contributed by atoms with Gasteiger partial charge in [-0.05, 0) is 55.2 Å². The summed E-state index contributed by atoms with van der Waals surface area (Å²) in [5, 5.41) is 6.60. The monoisotopic (exact) mass is 443 g/mol. The second-order valence-electron chi connectivity index (χ2n) is 7.16. The van der Waals surface area contributed by atoms with Crippen molar-refractivity contribution in [3.05, 3.63) is 53.2 Å². The average molecular weight is 444 g/mol. The molecule has 0 atom stereocenters. The third-order valence-electron chi connectivity index (χ3n) is 4.77. The number of benzene rings is 2. The van der Waals surface area contributed by atoms with Crippen LogP contribution in [0.1, 0.15) is 30.7 Å². The summed E-state index contributed by atoms with van der Waals surface area (Å²) >= 11 is 0. The van der Waals surface area contributed by atoms with E-state index in [1.165, 1.54) is 20.1 Å². The number of anilines is 2. The number of amides is 1. The Balaban J connectivity index is 2.13. The summed E-state index contributed by atoms with van der Waals surface area (Å²) in [5.74, 6) is 0.0375. The van der Waals surface area contributed by atoms with Gasteiger partial charge in [0.25, 0.3) is 10.0 Å². The van der Waals surface area contributed by atoms with Crippen LogP contribution in [0, 0.1) is 13.8 Å².